The minimum atomic E-state index is -0.866. The van der Waals surface area contributed by atoms with Gasteiger partial charge in [0.05, 0.1) is 18.9 Å². The third kappa shape index (κ3) is 4.18. The van der Waals surface area contributed by atoms with E-state index in [1.54, 1.807) is 11.9 Å². The minimum absolute atomic E-state index is 0.0302. The van der Waals surface area contributed by atoms with Crippen molar-refractivity contribution in [3.8, 4) is 0 Å². The topological polar surface area (TPSA) is 82.9 Å². The molecular formula is C21H27N3O4. The molecule has 0 radical (unpaired) electrons. The number of rotatable bonds is 6. The average molecular weight is 385 g/mol. The Labute approximate surface area is 164 Å². The van der Waals surface area contributed by atoms with E-state index in [1.165, 1.54) is 4.90 Å². The van der Waals surface area contributed by atoms with Crippen molar-refractivity contribution in [2.24, 2.45) is 5.92 Å². The van der Waals surface area contributed by atoms with Crippen molar-refractivity contribution in [1.29, 1.82) is 0 Å². The molecule has 3 rings (SSSR count). The zero-order valence-electron chi connectivity index (χ0n) is 16.4. The number of benzene rings is 1. The highest BCUT2D eigenvalue weighted by Gasteiger charge is 2.29. The van der Waals surface area contributed by atoms with Crippen LogP contribution >= 0.6 is 0 Å². The highest BCUT2D eigenvalue weighted by Crippen LogP contribution is 2.22. The Kier molecular flexibility index (Phi) is 6.02. The van der Waals surface area contributed by atoms with E-state index in [0.29, 0.717) is 19.4 Å². The Bertz CT molecular complexity index is 889. The Balaban J connectivity index is 1.63. The SMILES string of the molecule is CCn1cc(CC(=O)N(C)CC(=O)N2CCCC(C(=O)O)C2)c2ccccc21. The summed E-state index contributed by atoms with van der Waals surface area (Å²) in [5.74, 6) is -1.70. The number of carbonyl (C=O) groups excluding carboxylic acids is 2. The first-order valence-corrected chi connectivity index (χ1v) is 9.72. The summed E-state index contributed by atoms with van der Waals surface area (Å²) < 4.78 is 2.11. The third-order valence-electron chi connectivity index (χ3n) is 5.47. The number of fused-ring (bicyclic) bond motifs is 1. The molecule has 1 atom stereocenters. The van der Waals surface area contributed by atoms with Crippen molar-refractivity contribution >= 4 is 28.7 Å². The first-order chi connectivity index (χ1) is 13.4. The molecule has 1 aromatic heterocycles. The molecule has 1 aliphatic rings. The number of piperidine rings is 1. The van der Waals surface area contributed by atoms with Crippen LogP contribution in [0.5, 0.6) is 0 Å². The molecule has 1 saturated heterocycles. The number of amides is 2. The number of carboxylic acid groups (broad SMARTS) is 1. The van der Waals surface area contributed by atoms with Crippen LogP contribution in [0.4, 0.5) is 0 Å². The molecule has 150 valence electrons. The molecule has 1 aromatic carbocycles. The molecule has 2 heterocycles. The normalized spacial score (nSPS) is 16.9. The number of likely N-dealkylation sites (tertiary alicyclic amines) is 1. The Morgan fingerprint density at radius 1 is 1.25 bits per heavy atom. The fourth-order valence-corrected chi connectivity index (χ4v) is 3.82. The number of likely N-dealkylation sites (N-methyl/N-ethyl adjacent to an activating group) is 1. The van der Waals surface area contributed by atoms with Gasteiger partial charge in [0.1, 0.15) is 0 Å². The molecule has 0 saturated carbocycles. The smallest absolute Gasteiger partial charge is 0.308 e. The molecule has 0 spiro atoms. The molecule has 1 aliphatic heterocycles. The molecule has 1 unspecified atom stereocenters. The Hall–Kier alpha value is -2.83. The van der Waals surface area contributed by atoms with Crippen molar-refractivity contribution in [2.75, 3.05) is 26.7 Å². The summed E-state index contributed by atoms with van der Waals surface area (Å²) in [5.41, 5.74) is 2.05. The lowest BCUT2D eigenvalue weighted by Crippen LogP contribution is -2.47. The number of aromatic nitrogens is 1. The lowest BCUT2D eigenvalue weighted by atomic mass is 9.98. The molecule has 0 aliphatic carbocycles. The van der Waals surface area contributed by atoms with E-state index in [9.17, 15) is 19.5 Å². The lowest BCUT2D eigenvalue weighted by Gasteiger charge is -2.32. The zero-order chi connectivity index (χ0) is 20.3. The summed E-state index contributed by atoms with van der Waals surface area (Å²) in [5, 5.41) is 10.2. The van der Waals surface area contributed by atoms with Crippen LogP contribution in [0.2, 0.25) is 0 Å². The number of aliphatic carboxylic acids is 1. The summed E-state index contributed by atoms with van der Waals surface area (Å²) >= 11 is 0. The number of carbonyl (C=O) groups is 3. The van der Waals surface area contributed by atoms with Crippen LogP contribution in [-0.4, -0.2) is 63.9 Å². The first-order valence-electron chi connectivity index (χ1n) is 9.72. The number of nitrogens with zero attached hydrogens (tertiary/aromatic N) is 3. The van der Waals surface area contributed by atoms with Gasteiger partial charge >= 0.3 is 5.97 Å². The molecular weight excluding hydrogens is 358 g/mol. The van der Waals surface area contributed by atoms with E-state index in [2.05, 4.69) is 11.5 Å². The largest absolute Gasteiger partial charge is 0.481 e. The van der Waals surface area contributed by atoms with Crippen LogP contribution in [-0.2, 0) is 27.3 Å². The minimum Gasteiger partial charge on any atom is -0.481 e. The van der Waals surface area contributed by atoms with Gasteiger partial charge in [-0.25, -0.2) is 0 Å². The van der Waals surface area contributed by atoms with Crippen molar-refractivity contribution in [2.45, 2.75) is 32.7 Å². The van der Waals surface area contributed by atoms with Crippen LogP contribution in [0.1, 0.15) is 25.3 Å². The number of aryl methyl sites for hydroxylation is 1. The molecule has 1 fully saturated rings. The predicted octanol–water partition coefficient (Wildman–Crippen LogP) is 1.99. The molecule has 0 bridgehead atoms. The van der Waals surface area contributed by atoms with E-state index in [1.807, 2.05) is 30.5 Å². The first kappa shape index (κ1) is 19.9. The van der Waals surface area contributed by atoms with E-state index in [-0.39, 0.29) is 31.3 Å². The van der Waals surface area contributed by atoms with Crippen LogP contribution < -0.4 is 0 Å². The molecule has 28 heavy (non-hydrogen) atoms. The summed E-state index contributed by atoms with van der Waals surface area (Å²) in [4.78, 5) is 39.4. The van der Waals surface area contributed by atoms with Crippen molar-refractivity contribution in [3.63, 3.8) is 0 Å². The van der Waals surface area contributed by atoms with E-state index < -0.39 is 11.9 Å². The van der Waals surface area contributed by atoms with Gasteiger partial charge < -0.3 is 19.5 Å². The fourth-order valence-electron chi connectivity index (χ4n) is 3.82. The second kappa shape index (κ2) is 8.46. The van der Waals surface area contributed by atoms with Crippen molar-refractivity contribution < 1.29 is 19.5 Å². The van der Waals surface area contributed by atoms with Gasteiger partial charge in [0.2, 0.25) is 11.8 Å². The summed E-state index contributed by atoms with van der Waals surface area (Å²) in [6.07, 6.45) is 3.50. The summed E-state index contributed by atoms with van der Waals surface area (Å²) in [6.45, 7) is 3.63. The van der Waals surface area contributed by atoms with Crippen LogP contribution in [0.25, 0.3) is 10.9 Å². The van der Waals surface area contributed by atoms with Gasteiger partial charge in [-0.15, -0.1) is 0 Å². The lowest BCUT2D eigenvalue weighted by molar-refractivity contribution is -0.147. The Morgan fingerprint density at radius 2 is 2.00 bits per heavy atom. The zero-order valence-corrected chi connectivity index (χ0v) is 16.4. The van der Waals surface area contributed by atoms with Gasteiger partial charge in [-0.1, -0.05) is 18.2 Å². The van der Waals surface area contributed by atoms with Crippen LogP contribution in [0.3, 0.4) is 0 Å². The van der Waals surface area contributed by atoms with E-state index in [0.717, 1.165) is 23.0 Å². The number of hydrogen-bond acceptors (Lipinski definition) is 3. The van der Waals surface area contributed by atoms with E-state index >= 15 is 0 Å². The second-order valence-electron chi connectivity index (χ2n) is 7.40. The van der Waals surface area contributed by atoms with Gasteiger partial charge in [-0.3, -0.25) is 14.4 Å². The third-order valence-corrected chi connectivity index (χ3v) is 5.47. The van der Waals surface area contributed by atoms with Crippen LogP contribution in [0.15, 0.2) is 30.5 Å². The maximum Gasteiger partial charge on any atom is 0.308 e. The highest BCUT2D eigenvalue weighted by atomic mass is 16.4. The Morgan fingerprint density at radius 3 is 2.71 bits per heavy atom. The monoisotopic (exact) mass is 385 g/mol. The molecule has 7 nitrogen and oxygen atoms in total. The highest BCUT2D eigenvalue weighted by molar-refractivity contribution is 5.91. The van der Waals surface area contributed by atoms with Crippen molar-refractivity contribution in [1.82, 2.24) is 14.4 Å². The van der Waals surface area contributed by atoms with E-state index in [4.69, 9.17) is 0 Å². The quantitative estimate of drug-likeness (QED) is 0.824. The second-order valence-corrected chi connectivity index (χ2v) is 7.40. The predicted molar refractivity (Wildman–Crippen MR) is 106 cm³/mol. The summed E-state index contributed by atoms with van der Waals surface area (Å²) in [6, 6.07) is 7.98. The van der Waals surface area contributed by atoms with Crippen LogP contribution in [0, 0.1) is 5.92 Å². The van der Waals surface area contributed by atoms with Gasteiger partial charge in [0.15, 0.2) is 0 Å². The number of para-hydroxylation sites is 1. The molecule has 2 amide bonds. The van der Waals surface area contributed by atoms with Gasteiger partial charge in [-0.2, -0.15) is 0 Å². The number of carboxylic acids is 1. The van der Waals surface area contributed by atoms with Gasteiger partial charge in [-0.05, 0) is 31.4 Å². The maximum absolute atomic E-state index is 12.7. The van der Waals surface area contributed by atoms with Gasteiger partial charge in [0, 0.05) is 43.8 Å². The van der Waals surface area contributed by atoms with Gasteiger partial charge in [0.25, 0.3) is 0 Å². The average Bonchev–Trinajstić information content (AvgIpc) is 3.05. The maximum atomic E-state index is 12.7. The van der Waals surface area contributed by atoms with Crippen molar-refractivity contribution in [3.05, 3.63) is 36.0 Å². The molecule has 2 aromatic rings. The standard InChI is InChI=1S/C21H27N3O4/c1-3-23-13-16(17-8-4-5-9-18(17)23)11-19(25)22(2)14-20(26)24-10-6-7-15(12-24)21(27)28/h4-5,8-9,13,15H,3,6-7,10-12,14H2,1-2H3,(H,27,28). The number of hydrogen-bond donors (Lipinski definition) is 1. The fraction of sp³-hybridized carbons (Fsp3) is 0.476. The molecule has 7 heteroatoms. The molecule has 1 N–H and O–H groups in total. The summed E-state index contributed by atoms with van der Waals surface area (Å²) in [7, 11) is 1.62.